The highest BCUT2D eigenvalue weighted by Crippen LogP contribution is 2.43. The van der Waals surface area contributed by atoms with Crippen molar-refractivity contribution in [3.8, 4) is 11.4 Å². The molecule has 0 spiro atoms. The highest BCUT2D eigenvalue weighted by atomic mass is 32.2. The number of nitrogens with zero attached hydrogens (tertiary/aromatic N) is 4. The molecule has 32 heavy (non-hydrogen) atoms. The second-order valence-corrected chi connectivity index (χ2v) is 8.67. The first-order valence-corrected chi connectivity index (χ1v) is 11.3. The highest BCUT2D eigenvalue weighted by molar-refractivity contribution is 7.99. The molecule has 0 N–H and O–H groups in total. The predicted molar refractivity (Wildman–Crippen MR) is 125 cm³/mol. The van der Waals surface area contributed by atoms with Crippen molar-refractivity contribution in [3.63, 3.8) is 0 Å². The van der Waals surface area contributed by atoms with Crippen LogP contribution in [0.2, 0.25) is 0 Å². The van der Waals surface area contributed by atoms with Gasteiger partial charge in [0.25, 0.3) is 0 Å². The monoisotopic (exact) mass is 434 g/mol. The van der Waals surface area contributed by atoms with Gasteiger partial charge in [-0.3, -0.25) is 4.79 Å². The summed E-state index contributed by atoms with van der Waals surface area (Å²) in [4.78, 5) is 22.9. The molecule has 0 aliphatic carbocycles. The van der Waals surface area contributed by atoms with Crippen molar-refractivity contribution in [2.75, 3.05) is 0 Å². The number of carbonyl (C=O) groups is 1. The Kier molecular flexibility index (Phi) is 4.58. The number of benzene rings is 3. The molecule has 1 aliphatic rings. The van der Waals surface area contributed by atoms with Gasteiger partial charge in [0.2, 0.25) is 0 Å². The zero-order valence-corrected chi connectivity index (χ0v) is 17.9. The third kappa shape index (κ3) is 3.29. The Labute approximate surface area is 189 Å². The van der Waals surface area contributed by atoms with Gasteiger partial charge in [-0.05, 0) is 23.9 Å². The number of hydrogen-bond donors (Lipinski definition) is 0. The van der Waals surface area contributed by atoms with Crippen LogP contribution in [0.15, 0.2) is 101 Å². The third-order valence-electron chi connectivity index (χ3n) is 5.67. The molecule has 0 radical (unpaired) electrons. The van der Waals surface area contributed by atoms with Gasteiger partial charge in [-0.25, -0.2) is 14.6 Å². The molecule has 0 fully saturated rings. The summed E-state index contributed by atoms with van der Waals surface area (Å²) in [6, 6.07) is 29.3. The van der Waals surface area contributed by atoms with E-state index in [1.165, 1.54) is 11.8 Å². The van der Waals surface area contributed by atoms with Crippen LogP contribution in [0.3, 0.4) is 0 Å². The highest BCUT2D eigenvalue weighted by Gasteiger charge is 2.32. The minimum atomic E-state index is -0.268. The summed E-state index contributed by atoms with van der Waals surface area (Å²) in [6.45, 7) is 0. The fraction of sp³-hybridized carbons (Fsp3) is 0.0769. The average molecular weight is 435 g/mol. The summed E-state index contributed by atoms with van der Waals surface area (Å²) in [5.41, 5.74) is 3.59. The number of para-hydroxylation sites is 1. The number of rotatable bonds is 4. The van der Waals surface area contributed by atoms with Crippen LogP contribution in [-0.4, -0.2) is 25.5 Å². The maximum atomic E-state index is 13.2. The van der Waals surface area contributed by atoms with Crippen LogP contribution in [0.4, 0.5) is 0 Å². The van der Waals surface area contributed by atoms with Gasteiger partial charge in [0.1, 0.15) is 5.03 Å². The minimum Gasteiger partial charge on any atom is -0.294 e. The molecule has 1 atom stereocenters. The first-order valence-electron chi connectivity index (χ1n) is 10.4. The van der Waals surface area contributed by atoms with Gasteiger partial charge in [-0.15, -0.1) is 5.10 Å². The molecule has 154 valence electrons. The molecule has 3 heterocycles. The zero-order valence-electron chi connectivity index (χ0n) is 17.1. The number of fused-ring (bicyclic) bond motifs is 3. The second kappa shape index (κ2) is 7.73. The lowest BCUT2D eigenvalue weighted by Gasteiger charge is -2.25. The molecule has 3 aromatic carbocycles. The minimum absolute atomic E-state index is 0.0734. The molecule has 0 bridgehead atoms. The lowest BCUT2D eigenvalue weighted by atomic mass is 9.98. The van der Waals surface area contributed by atoms with Crippen LogP contribution < -0.4 is 0 Å². The lowest BCUT2D eigenvalue weighted by Crippen LogP contribution is -2.21. The number of hydrogen-bond acceptors (Lipinski definition) is 5. The van der Waals surface area contributed by atoms with E-state index in [1.807, 2.05) is 83.5 Å². The van der Waals surface area contributed by atoms with Crippen molar-refractivity contribution < 1.29 is 4.79 Å². The van der Waals surface area contributed by atoms with Crippen LogP contribution >= 0.6 is 11.8 Å². The van der Waals surface area contributed by atoms with Crippen LogP contribution in [0.1, 0.15) is 28.4 Å². The van der Waals surface area contributed by atoms with E-state index in [0.29, 0.717) is 17.8 Å². The van der Waals surface area contributed by atoms with E-state index in [0.717, 1.165) is 32.2 Å². The van der Waals surface area contributed by atoms with E-state index < -0.39 is 0 Å². The quantitative estimate of drug-likeness (QED) is 0.334. The van der Waals surface area contributed by atoms with E-state index >= 15 is 0 Å². The summed E-state index contributed by atoms with van der Waals surface area (Å²) in [5, 5.41) is 7.52. The SMILES string of the molecule is O=C(CC1c2cc3ccccc3nc2Sc2nc(-c3ccccc3)nn21)c1ccccc1. The Morgan fingerprint density at radius 3 is 2.41 bits per heavy atom. The molecule has 0 amide bonds. The average Bonchev–Trinajstić information content (AvgIpc) is 3.28. The Morgan fingerprint density at radius 1 is 0.875 bits per heavy atom. The van der Waals surface area contributed by atoms with Crippen molar-refractivity contribution in [3.05, 3.63) is 102 Å². The summed E-state index contributed by atoms with van der Waals surface area (Å²) < 4.78 is 1.90. The molecule has 6 rings (SSSR count). The van der Waals surface area contributed by atoms with Gasteiger partial charge in [0.05, 0.1) is 11.6 Å². The predicted octanol–water partition coefficient (Wildman–Crippen LogP) is 5.82. The van der Waals surface area contributed by atoms with E-state index in [4.69, 9.17) is 15.1 Å². The van der Waals surface area contributed by atoms with Gasteiger partial charge < -0.3 is 0 Å². The zero-order chi connectivity index (χ0) is 21.5. The maximum absolute atomic E-state index is 13.2. The van der Waals surface area contributed by atoms with Crippen LogP contribution in [-0.2, 0) is 0 Å². The fourth-order valence-electron chi connectivity index (χ4n) is 4.06. The molecule has 0 saturated heterocycles. The van der Waals surface area contributed by atoms with Crippen LogP contribution in [0, 0.1) is 0 Å². The first kappa shape index (κ1) is 19.0. The first-order chi connectivity index (χ1) is 15.8. The van der Waals surface area contributed by atoms with Crippen molar-refractivity contribution >= 4 is 28.4 Å². The molecule has 5 nitrogen and oxygen atoms in total. The Balaban J connectivity index is 1.49. The summed E-state index contributed by atoms with van der Waals surface area (Å²) in [7, 11) is 0. The fourth-order valence-corrected chi connectivity index (χ4v) is 5.08. The Morgan fingerprint density at radius 2 is 1.59 bits per heavy atom. The van der Waals surface area contributed by atoms with E-state index in [-0.39, 0.29) is 11.8 Å². The van der Waals surface area contributed by atoms with Gasteiger partial charge in [0.15, 0.2) is 16.8 Å². The van der Waals surface area contributed by atoms with Gasteiger partial charge in [-0.2, -0.15) is 0 Å². The molecule has 5 aromatic rings. The molecular formula is C26H18N4OS. The lowest BCUT2D eigenvalue weighted by molar-refractivity contribution is 0.0964. The molecule has 1 aliphatic heterocycles. The number of ketones is 1. The number of aromatic nitrogens is 4. The summed E-state index contributed by atoms with van der Waals surface area (Å²) >= 11 is 1.51. The van der Waals surface area contributed by atoms with Crippen LogP contribution in [0.25, 0.3) is 22.3 Å². The Bertz CT molecular complexity index is 1450. The number of pyridine rings is 1. The molecular weight excluding hydrogens is 416 g/mol. The van der Waals surface area contributed by atoms with E-state index in [2.05, 4.69) is 12.1 Å². The van der Waals surface area contributed by atoms with Crippen molar-refractivity contribution in [1.82, 2.24) is 19.7 Å². The van der Waals surface area contributed by atoms with Crippen molar-refractivity contribution in [1.29, 1.82) is 0 Å². The molecule has 6 heteroatoms. The topological polar surface area (TPSA) is 60.7 Å². The summed E-state index contributed by atoms with van der Waals surface area (Å²) in [6.07, 6.45) is 0.294. The van der Waals surface area contributed by atoms with Gasteiger partial charge in [-0.1, -0.05) is 78.9 Å². The molecule has 2 aromatic heterocycles. The van der Waals surface area contributed by atoms with Crippen molar-refractivity contribution in [2.45, 2.75) is 22.6 Å². The smallest absolute Gasteiger partial charge is 0.193 e. The number of carbonyl (C=O) groups excluding carboxylic acids is 1. The standard InChI is InChI=1S/C26H18N4OS/c31-23(17-9-3-1-4-10-17)16-22-20-15-19-13-7-8-14-21(19)27-25(20)32-26-28-24(29-30(22)26)18-11-5-2-6-12-18/h1-15,22H,16H2. The van der Waals surface area contributed by atoms with Gasteiger partial charge >= 0.3 is 0 Å². The van der Waals surface area contributed by atoms with E-state index in [9.17, 15) is 4.79 Å². The van der Waals surface area contributed by atoms with Crippen molar-refractivity contribution in [2.24, 2.45) is 0 Å². The second-order valence-electron chi connectivity index (χ2n) is 7.72. The molecule has 1 unspecified atom stereocenters. The largest absolute Gasteiger partial charge is 0.294 e. The maximum Gasteiger partial charge on any atom is 0.193 e. The molecule has 0 saturated carbocycles. The van der Waals surface area contributed by atoms with Gasteiger partial charge in [0, 0.05) is 28.5 Å². The van der Waals surface area contributed by atoms with E-state index in [1.54, 1.807) is 0 Å². The van der Waals surface area contributed by atoms with Crippen LogP contribution in [0.5, 0.6) is 0 Å². The Hall–Kier alpha value is -3.77. The third-order valence-corrected chi connectivity index (χ3v) is 6.65. The number of Topliss-reactive ketones (excluding diaryl/α,β-unsaturated/α-hetero) is 1. The summed E-state index contributed by atoms with van der Waals surface area (Å²) in [5.74, 6) is 0.729. The normalized spacial score (nSPS) is 14.7.